The molecule has 2 rings (SSSR count). The molecule has 2 saturated heterocycles. The van der Waals surface area contributed by atoms with Crippen LogP contribution in [0, 0.1) is 5.92 Å². The highest BCUT2D eigenvalue weighted by Gasteiger charge is 2.28. The minimum absolute atomic E-state index is 0.321. The third kappa shape index (κ3) is 3.19. The molecule has 2 aliphatic rings. The molecule has 0 bridgehead atoms. The second-order valence-electron chi connectivity index (χ2n) is 4.98. The van der Waals surface area contributed by atoms with E-state index in [1.54, 1.807) is 0 Å². The van der Waals surface area contributed by atoms with Crippen molar-refractivity contribution < 1.29 is 14.6 Å². The highest BCUT2D eigenvalue weighted by Crippen LogP contribution is 2.24. The van der Waals surface area contributed by atoms with E-state index in [-0.39, 0.29) is 6.04 Å². The number of carboxylic acid groups (broad SMARTS) is 1. The molecule has 0 amide bonds. The van der Waals surface area contributed by atoms with Crippen LogP contribution in [0.4, 0.5) is 0 Å². The Bertz CT molecular complexity index is 238. The van der Waals surface area contributed by atoms with Crippen molar-refractivity contribution in [3.8, 4) is 0 Å². The second-order valence-corrected chi connectivity index (χ2v) is 4.98. The van der Waals surface area contributed by atoms with Gasteiger partial charge in [-0.15, -0.1) is 0 Å². The molecule has 4 nitrogen and oxygen atoms in total. The molecule has 2 heterocycles. The number of carboxylic acids is 1. The molecule has 92 valence electrons. The monoisotopic (exact) mass is 227 g/mol. The SMILES string of the molecule is O=C(O)C1CCCC(CC2CCOCC2)N1. The number of carbonyl (C=O) groups is 1. The predicted octanol–water partition coefficient (Wildman–Crippen LogP) is 1.40. The molecule has 2 fully saturated rings. The fourth-order valence-corrected chi connectivity index (χ4v) is 2.78. The highest BCUT2D eigenvalue weighted by atomic mass is 16.5. The summed E-state index contributed by atoms with van der Waals surface area (Å²) in [7, 11) is 0. The summed E-state index contributed by atoms with van der Waals surface area (Å²) in [6.45, 7) is 1.75. The van der Waals surface area contributed by atoms with Crippen LogP contribution in [0.15, 0.2) is 0 Å². The average Bonchev–Trinajstić information content (AvgIpc) is 2.30. The Kier molecular flexibility index (Phi) is 4.18. The van der Waals surface area contributed by atoms with Gasteiger partial charge >= 0.3 is 5.97 Å². The third-order valence-electron chi connectivity index (χ3n) is 3.74. The van der Waals surface area contributed by atoms with Gasteiger partial charge in [0.15, 0.2) is 0 Å². The fourth-order valence-electron chi connectivity index (χ4n) is 2.78. The Morgan fingerprint density at radius 2 is 2.00 bits per heavy atom. The molecule has 0 saturated carbocycles. The number of piperidine rings is 1. The lowest BCUT2D eigenvalue weighted by molar-refractivity contribution is -0.140. The van der Waals surface area contributed by atoms with E-state index in [9.17, 15) is 4.79 Å². The molecular weight excluding hydrogens is 206 g/mol. The Hall–Kier alpha value is -0.610. The summed E-state index contributed by atoms with van der Waals surface area (Å²) < 4.78 is 5.33. The van der Waals surface area contributed by atoms with Crippen LogP contribution in [-0.4, -0.2) is 36.4 Å². The summed E-state index contributed by atoms with van der Waals surface area (Å²) in [6, 6.07) is 0.0801. The summed E-state index contributed by atoms with van der Waals surface area (Å²) in [5.74, 6) is 0.0236. The molecule has 2 unspecified atom stereocenters. The standard InChI is InChI=1S/C12H21NO3/c14-12(15)11-3-1-2-10(13-11)8-9-4-6-16-7-5-9/h9-11,13H,1-8H2,(H,14,15). The van der Waals surface area contributed by atoms with Gasteiger partial charge in [-0.25, -0.2) is 0 Å². The van der Waals surface area contributed by atoms with Crippen molar-refractivity contribution in [2.24, 2.45) is 5.92 Å². The molecule has 2 aliphatic heterocycles. The van der Waals surface area contributed by atoms with Crippen LogP contribution in [0.3, 0.4) is 0 Å². The van der Waals surface area contributed by atoms with Crippen molar-refractivity contribution in [2.45, 2.75) is 50.6 Å². The van der Waals surface area contributed by atoms with E-state index in [0.717, 1.165) is 57.7 Å². The van der Waals surface area contributed by atoms with Crippen LogP contribution in [0.25, 0.3) is 0 Å². The van der Waals surface area contributed by atoms with Gasteiger partial charge in [-0.2, -0.15) is 0 Å². The Morgan fingerprint density at radius 1 is 1.25 bits per heavy atom. The average molecular weight is 227 g/mol. The van der Waals surface area contributed by atoms with Gasteiger partial charge in [-0.3, -0.25) is 4.79 Å². The van der Waals surface area contributed by atoms with Crippen LogP contribution < -0.4 is 5.32 Å². The molecule has 0 aromatic carbocycles. The maximum atomic E-state index is 10.9. The van der Waals surface area contributed by atoms with Crippen molar-refractivity contribution in [1.29, 1.82) is 0 Å². The summed E-state index contributed by atoms with van der Waals surface area (Å²) in [5, 5.41) is 12.2. The molecule has 0 aliphatic carbocycles. The molecule has 0 aromatic rings. The first-order valence-corrected chi connectivity index (χ1v) is 6.32. The molecule has 0 radical (unpaired) electrons. The lowest BCUT2D eigenvalue weighted by atomic mass is 9.87. The van der Waals surface area contributed by atoms with Gasteiger partial charge < -0.3 is 15.2 Å². The molecule has 0 spiro atoms. The Balaban J connectivity index is 1.78. The smallest absolute Gasteiger partial charge is 0.320 e. The summed E-state index contributed by atoms with van der Waals surface area (Å²) in [6.07, 6.45) is 6.33. The summed E-state index contributed by atoms with van der Waals surface area (Å²) >= 11 is 0. The largest absolute Gasteiger partial charge is 0.480 e. The first-order chi connectivity index (χ1) is 7.75. The molecule has 0 aromatic heterocycles. The maximum absolute atomic E-state index is 10.9. The lowest BCUT2D eigenvalue weighted by Gasteiger charge is -2.32. The van der Waals surface area contributed by atoms with Crippen LogP contribution >= 0.6 is 0 Å². The molecule has 2 atom stereocenters. The van der Waals surface area contributed by atoms with Gasteiger partial charge in [0.25, 0.3) is 0 Å². The van der Waals surface area contributed by atoms with E-state index in [0.29, 0.717) is 6.04 Å². The van der Waals surface area contributed by atoms with Crippen molar-refractivity contribution in [1.82, 2.24) is 5.32 Å². The van der Waals surface area contributed by atoms with Crippen LogP contribution in [0.1, 0.15) is 38.5 Å². The fraction of sp³-hybridized carbons (Fsp3) is 0.917. The van der Waals surface area contributed by atoms with E-state index < -0.39 is 5.97 Å². The van der Waals surface area contributed by atoms with Crippen molar-refractivity contribution in [2.75, 3.05) is 13.2 Å². The minimum atomic E-state index is -0.698. The quantitative estimate of drug-likeness (QED) is 0.765. The number of ether oxygens (including phenoxy) is 1. The zero-order valence-electron chi connectivity index (χ0n) is 9.65. The topological polar surface area (TPSA) is 58.6 Å². The lowest BCUT2D eigenvalue weighted by Crippen LogP contribution is -2.47. The highest BCUT2D eigenvalue weighted by molar-refractivity contribution is 5.73. The number of nitrogens with one attached hydrogen (secondary N) is 1. The maximum Gasteiger partial charge on any atom is 0.320 e. The van der Waals surface area contributed by atoms with Gasteiger partial charge in [0, 0.05) is 19.3 Å². The van der Waals surface area contributed by atoms with Gasteiger partial charge in [-0.05, 0) is 44.4 Å². The van der Waals surface area contributed by atoms with Crippen LogP contribution in [-0.2, 0) is 9.53 Å². The van der Waals surface area contributed by atoms with Gasteiger partial charge in [0.1, 0.15) is 6.04 Å². The zero-order valence-corrected chi connectivity index (χ0v) is 9.65. The zero-order chi connectivity index (χ0) is 11.4. The molecular formula is C12H21NO3. The van der Waals surface area contributed by atoms with E-state index >= 15 is 0 Å². The minimum Gasteiger partial charge on any atom is -0.480 e. The molecule has 2 N–H and O–H groups in total. The number of aliphatic carboxylic acids is 1. The summed E-state index contributed by atoms with van der Waals surface area (Å²) in [4.78, 5) is 10.9. The summed E-state index contributed by atoms with van der Waals surface area (Å²) in [5.41, 5.74) is 0. The van der Waals surface area contributed by atoms with Gasteiger partial charge in [0.05, 0.1) is 0 Å². The third-order valence-corrected chi connectivity index (χ3v) is 3.74. The van der Waals surface area contributed by atoms with Crippen molar-refractivity contribution in [3.05, 3.63) is 0 Å². The predicted molar refractivity (Wildman–Crippen MR) is 60.4 cm³/mol. The number of hydrogen-bond acceptors (Lipinski definition) is 3. The van der Waals surface area contributed by atoms with E-state index in [2.05, 4.69) is 5.32 Å². The van der Waals surface area contributed by atoms with Crippen molar-refractivity contribution >= 4 is 5.97 Å². The van der Waals surface area contributed by atoms with E-state index in [1.165, 1.54) is 0 Å². The first-order valence-electron chi connectivity index (χ1n) is 6.32. The molecule has 16 heavy (non-hydrogen) atoms. The van der Waals surface area contributed by atoms with Crippen molar-refractivity contribution in [3.63, 3.8) is 0 Å². The number of hydrogen-bond donors (Lipinski definition) is 2. The molecule has 4 heteroatoms. The first kappa shape index (κ1) is 11.9. The van der Waals surface area contributed by atoms with Gasteiger partial charge in [-0.1, -0.05) is 0 Å². The van der Waals surface area contributed by atoms with E-state index in [1.807, 2.05) is 0 Å². The normalized spacial score (nSPS) is 32.5. The van der Waals surface area contributed by atoms with Gasteiger partial charge in [0.2, 0.25) is 0 Å². The van der Waals surface area contributed by atoms with Crippen LogP contribution in [0.5, 0.6) is 0 Å². The van der Waals surface area contributed by atoms with E-state index in [4.69, 9.17) is 9.84 Å². The Morgan fingerprint density at radius 3 is 2.69 bits per heavy atom. The van der Waals surface area contributed by atoms with Crippen LogP contribution in [0.2, 0.25) is 0 Å². The Labute approximate surface area is 96.4 Å². The second kappa shape index (κ2) is 5.64. The number of rotatable bonds is 3.